The smallest absolute Gasteiger partial charge is 0.318 e. The number of carbonyl (C=O) groups excluding carboxylic acids is 1. The van der Waals surface area contributed by atoms with Crippen molar-refractivity contribution in [1.82, 2.24) is 24.6 Å². The van der Waals surface area contributed by atoms with Crippen LogP contribution in [-0.4, -0.2) is 64.0 Å². The summed E-state index contributed by atoms with van der Waals surface area (Å²) in [6.45, 7) is 8.60. The minimum Gasteiger partial charge on any atom is -0.318 e. The van der Waals surface area contributed by atoms with Crippen molar-refractivity contribution in [3.63, 3.8) is 0 Å². The number of anilines is 1. The van der Waals surface area contributed by atoms with Crippen molar-refractivity contribution >= 4 is 33.3 Å². The maximum atomic E-state index is 13.0. The molecule has 9 nitrogen and oxygen atoms in total. The number of aromatic nitrogens is 4. The second kappa shape index (κ2) is 8.11. The molecule has 1 saturated heterocycles. The molecule has 1 aliphatic heterocycles. The zero-order valence-corrected chi connectivity index (χ0v) is 20.6. The third kappa shape index (κ3) is 4.32. The Hall–Kier alpha value is -2.98. The van der Waals surface area contributed by atoms with Crippen molar-refractivity contribution < 1.29 is 13.2 Å². The summed E-state index contributed by atoms with van der Waals surface area (Å²) in [5.74, 6) is 1.22. The fraction of sp³-hybridized carbons (Fsp3) is 0.364. The summed E-state index contributed by atoms with van der Waals surface area (Å²) in [5, 5.41) is 4.98. The van der Waals surface area contributed by atoms with Crippen LogP contribution in [0.1, 0.15) is 26.6 Å². The summed E-state index contributed by atoms with van der Waals surface area (Å²) in [6, 6.07) is 9.95. The van der Waals surface area contributed by atoms with E-state index >= 15 is 0 Å². The molecule has 0 radical (unpaired) electrons. The first-order valence-corrected chi connectivity index (χ1v) is 12.6. The Labute approximate surface area is 197 Å². The molecule has 0 spiro atoms. The van der Waals surface area contributed by atoms with Crippen LogP contribution >= 0.6 is 11.6 Å². The molecule has 0 atom stereocenters. The standard InChI is InChI=1S/C22H25ClN6O3S/c1-14-24-19(15-8-6-7-9-16(15)23)26-29(14)20-17(33(5,31)32)10-11-18(25-20)27-12-13-28(21(27)30)22(2,3)4/h6-11H,12-13H2,1-5H3. The third-order valence-corrected chi connectivity index (χ3v) is 6.85. The number of rotatable bonds is 4. The number of amides is 2. The van der Waals surface area contributed by atoms with Crippen LogP contribution < -0.4 is 4.90 Å². The number of aryl methyl sites for hydroxylation is 1. The first kappa shape index (κ1) is 23.2. The van der Waals surface area contributed by atoms with Crippen molar-refractivity contribution in [2.45, 2.75) is 38.1 Å². The molecular formula is C22H25ClN6O3S. The number of halogens is 1. The largest absolute Gasteiger partial charge is 0.326 e. The Morgan fingerprint density at radius 2 is 1.73 bits per heavy atom. The van der Waals surface area contributed by atoms with E-state index in [1.807, 2.05) is 26.8 Å². The van der Waals surface area contributed by atoms with Gasteiger partial charge in [-0.2, -0.15) is 4.68 Å². The Morgan fingerprint density at radius 1 is 1.03 bits per heavy atom. The summed E-state index contributed by atoms with van der Waals surface area (Å²) in [5.41, 5.74) is 0.280. The number of urea groups is 1. The number of pyridine rings is 1. The summed E-state index contributed by atoms with van der Waals surface area (Å²) in [7, 11) is -3.64. The lowest BCUT2D eigenvalue weighted by Crippen LogP contribution is -2.44. The summed E-state index contributed by atoms with van der Waals surface area (Å²) in [6.07, 6.45) is 1.11. The van der Waals surface area contributed by atoms with Gasteiger partial charge in [0.2, 0.25) is 0 Å². The average molecular weight is 489 g/mol. The predicted octanol–water partition coefficient (Wildman–Crippen LogP) is 3.74. The molecular weight excluding hydrogens is 464 g/mol. The number of nitrogens with zero attached hydrogens (tertiary/aromatic N) is 6. The van der Waals surface area contributed by atoms with Crippen molar-refractivity contribution in [2.24, 2.45) is 0 Å². The summed E-state index contributed by atoms with van der Waals surface area (Å²) in [4.78, 5) is 25.4. The average Bonchev–Trinajstić information content (AvgIpc) is 3.30. The highest BCUT2D eigenvalue weighted by atomic mass is 35.5. The fourth-order valence-corrected chi connectivity index (χ4v) is 4.74. The van der Waals surface area contributed by atoms with Crippen molar-refractivity contribution in [3.05, 3.63) is 47.2 Å². The Bertz CT molecular complexity index is 1350. The van der Waals surface area contributed by atoms with Crippen LogP contribution in [0.25, 0.3) is 17.2 Å². The summed E-state index contributed by atoms with van der Waals surface area (Å²) >= 11 is 6.30. The van der Waals surface area contributed by atoms with Crippen molar-refractivity contribution in [3.8, 4) is 17.2 Å². The monoisotopic (exact) mass is 488 g/mol. The minimum absolute atomic E-state index is 0.00992. The Morgan fingerprint density at radius 3 is 2.33 bits per heavy atom. The lowest BCUT2D eigenvalue weighted by molar-refractivity contribution is 0.173. The molecule has 33 heavy (non-hydrogen) atoms. The van der Waals surface area contributed by atoms with Gasteiger partial charge in [-0.25, -0.2) is 23.2 Å². The molecule has 0 unspecified atom stereocenters. The number of benzene rings is 1. The van der Waals surface area contributed by atoms with Gasteiger partial charge in [0.25, 0.3) is 0 Å². The van der Waals surface area contributed by atoms with E-state index in [9.17, 15) is 13.2 Å². The molecule has 3 aromatic rings. The molecule has 0 bridgehead atoms. The number of sulfone groups is 1. The van der Waals surface area contributed by atoms with Gasteiger partial charge < -0.3 is 4.90 Å². The van der Waals surface area contributed by atoms with E-state index in [0.717, 1.165) is 6.26 Å². The van der Waals surface area contributed by atoms with Crippen molar-refractivity contribution in [2.75, 3.05) is 24.2 Å². The number of hydrogen-bond acceptors (Lipinski definition) is 6. The summed E-state index contributed by atoms with van der Waals surface area (Å²) < 4.78 is 26.5. The quantitative estimate of drug-likeness (QED) is 0.554. The van der Waals surface area contributed by atoms with E-state index in [-0.39, 0.29) is 22.3 Å². The number of hydrogen-bond donors (Lipinski definition) is 0. The lowest BCUT2D eigenvalue weighted by Gasteiger charge is -2.31. The molecule has 0 aliphatic carbocycles. The molecule has 11 heteroatoms. The van der Waals surface area contributed by atoms with E-state index in [4.69, 9.17) is 11.6 Å². The van der Waals surface area contributed by atoms with Gasteiger partial charge in [0, 0.05) is 30.4 Å². The third-order valence-electron chi connectivity index (χ3n) is 5.40. The molecule has 4 rings (SSSR count). The molecule has 0 saturated carbocycles. The highest BCUT2D eigenvalue weighted by molar-refractivity contribution is 7.90. The first-order valence-electron chi connectivity index (χ1n) is 10.4. The zero-order valence-electron chi connectivity index (χ0n) is 19.1. The van der Waals surface area contributed by atoms with Gasteiger partial charge in [-0.1, -0.05) is 23.7 Å². The first-order chi connectivity index (χ1) is 15.4. The highest BCUT2D eigenvalue weighted by Crippen LogP contribution is 2.30. The molecule has 1 aromatic carbocycles. The second-order valence-corrected chi connectivity index (χ2v) is 11.3. The Kier molecular flexibility index (Phi) is 5.69. The highest BCUT2D eigenvalue weighted by Gasteiger charge is 2.37. The van der Waals surface area contributed by atoms with E-state index in [1.165, 1.54) is 10.7 Å². The molecule has 1 aliphatic rings. The van der Waals surface area contributed by atoms with Crippen LogP contribution in [0.15, 0.2) is 41.3 Å². The molecule has 2 amide bonds. The van der Waals surface area contributed by atoms with Crippen LogP contribution in [0, 0.1) is 6.92 Å². The lowest BCUT2D eigenvalue weighted by atomic mass is 10.1. The normalized spacial score (nSPS) is 14.9. The SMILES string of the molecule is Cc1nc(-c2ccccc2Cl)nn1-c1nc(N2CCN(C(C)(C)C)C2=O)ccc1S(C)(=O)=O. The fourth-order valence-electron chi connectivity index (χ4n) is 3.74. The molecule has 2 aromatic heterocycles. The van der Waals surface area contributed by atoms with Crippen LogP contribution in [0.2, 0.25) is 5.02 Å². The maximum Gasteiger partial charge on any atom is 0.326 e. The van der Waals surface area contributed by atoms with Gasteiger partial charge in [0.1, 0.15) is 16.5 Å². The van der Waals surface area contributed by atoms with Crippen molar-refractivity contribution in [1.29, 1.82) is 0 Å². The van der Waals surface area contributed by atoms with Crippen LogP contribution in [0.5, 0.6) is 0 Å². The Balaban J connectivity index is 1.84. The van der Waals surface area contributed by atoms with E-state index in [2.05, 4.69) is 15.1 Å². The molecule has 0 N–H and O–H groups in total. The van der Waals surface area contributed by atoms with Gasteiger partial charge in [-0.15, -0.1) is 5.10 Å². The van der Waals surface area contributed by atoms with Gasteiger partial charge in [0.05, 0.1) is 5.02 Å². The van der Waals surface area contributed by atoms with Crippen LogP contribution in [-0.2, 0) is 9.84 Å². The van der Waals surface area contributed by atoms with Gasteiger partial charge in [-0.3, -0.25) is 4.90 Å². The van der Waals surface area contributed by atoms with Gasteiger partial charge >= 0.3 is 6.03 Å². The van der Waals surface area contributed by atoms with Crippen LogP contribution in [0.3, 0.4) is 0 Å². The molecule has 174 valence electrons. The topological polar surface area (TPSA) is 101 Å². The predicted molar refractivity (Wildman–Crippen MR) is 127 cm³/mol. The van der Waals surface area contributed by atoms with E-state index in [0.29, 0.717) is 41.1 Å². The molecule has 1 fully saturated rings. The minimum atomic E-state index is -3.64. The second-order valence-electron chi connectivity index (χ2n) is 8.89. The van der Waals surface area contributed by atoms with Gasteiger partial charge in [0.15, 0.2) is 21.5 Å². The molecule has 3 heterocycles. The van der Waals surface area contributed by atoms with E-state index in [1.54, 1.807) is 41.0 Å². The maximum absolute atomic E-state index is 13.0. The zero-order chi connectivity index (χ0) is 24.1. The van der Waals surface area contributed by atoms with E-state index < -0.39 is 9.84 Å². The van der Waals surface area contributed by atoms with Crippen LogP contribution in [0.4, 0.5) is 10.6 Å². The van der Waals surface area contributed by atoms with Gasteiger partial charge in [-0.05, 0) is 52.0 Å². The number of carbonyl (C=O) groups is 1.